The number of cyclic esters (lactones) is 1. The first-order chi connectivity index (χ1) is 17.7. The van der Waals surface area contributed by atoms with Crippen LogP contribution in [0, 0.1) is 17.5 Å². The van der Waals surface area contributed by atoms with Crippen LogP contribution in [0.25, 0.3) is 0 Å². The fraction of sp³-hybridized carbons (Fsp3) is 0.423. The minimum Gasteiger partial charge on any atom is -0.446 e. The Kier molecular flexibility index (Phi) is 8.32. The van der Waals surface area contributed by atoms with Gasteiger partial charge in [0, 0.05) is 19.2 Å². The Morgan fingerprint density at radius 1 is 1.05 bits per heavy atom. The Hall–Kier alpha value is -3.60. The number of piperidine rings is 1. The molecule has 2 aliphatic heterocycles. The summed E-state index contributed by atoms with van der Waals surface area (Å²) in [5, 5.41) is 5.47. The van der Waals surface area contributed by atoms with Crippen LogP contribution < -0.4 is 10.6 Å². The number of benzene rings is 2. The van der Waals surface area contributed by atoms with Crippen molar-refractivity contribution in [3.8, 4) is 0 Å². The molecular weight excluding hydrogens is 489 g/mol. The molecule has 2 fully saturated rings. The van der Waals surface area contributed by atoms with Crippen molar-refractivity contribution in [2.45, 2.75) is 38.1 Å². The largest absolute Gasteiger partial charge is 0.446 e. The van der Waals surface area contributed by atoms with E-state index >= 15 is 0 Å². The van der Waals surface area contributed by atoms with Crippen molar-refractivity contribution in [1.29, 1.82) is 0 Å². The quantitative estimate of drug-likeness (QED) is 0.415. The van der Waals surface area contributed by atoms with Crippen LogP contribution in [0.4, 0.5) is 28.4 Å². The molecule has 0 saturated carbocycles. The van der Waals surface area contributed by atoms with Crippen molar-refractivity contribution < 1.29 is 32.3 Å². The number of nitrogens with one attached hydrogen (secondary N) is 2. The van der Waals surface area contributed by atoms with Gasteiger partial charge in [0.25, 0.3) is 0 Å². The third kappa shape index (κ3) is 6.40. The van der Waals surface area contributed by atoms with Gasteiger partial charge < -0.3 is 20.3 Å². The number of nitrogens with zero attached hydrogens (tertiary/aromatic N) is 2. The van der Waals surface area contributed by atoms with Gasteiger partial charge in [-0.05, 0) is 80.2 Å². The molecule has 2 aliphatic rings. The van der Waals surface area contributed by atoms with Gasteiger partial charge in [0.1, 0.15) is 12.6 Å². The summed E-state index contributed by atoms with van der Waals surface area (Å²) in [6.07, 6.45) is 1.66. The smallest absolute Gasteiger partial charge is 0.418 e. The first-order valence-electron chi connectivity index (χ1n) is 12.2. The molecule has 1 atom stereocenters. The minimum atomic E-state index is -1.62. The van der Waals surface area contributed by atoms with E-state index in [1.165, 1.54) is 12.5 Å². The molecule has 0 radical (unpaired) electrons. The maximum absolute atomic E-state index is 13.6. The number of urea groups is 1. The standard InChI is InChI=1S/C26H29F3N4O4/c1-16(34)31-20-5-2-4-18(12-20)17-6-10-32(11-7-17)9-3-8-30-25(35)33-23(15-37-26(33)36)19-13-21(27)24(29)22(28)14-19/h2,4-5,12-14,17,23H,3,6-11,15H2,1H3,(H,30,35)(H,31,34)/t23-/m1/s1. The lowest BCUT2D eigenvalue weighted by atomic mass is 9.89. The van der Waals surface area contributed by atoms with Crippen molar-refractivity contribution in [3.63, 3.8) is 0 Å². The van der Waals surface area contributed by atoms with Crippen LogP contribution in [0.15, 0.2) is 36.4 Å². The Morgan fingerprint density at radius 2 is 1.76 bits per heavy atom. The molecule has 11 heteroatoms. The van der Waals surface area contributed by atoms with E-state index in [4.69, 9.17) is 4.74 Å². The van der Waals surface area contributed by atoms with E-state index in [0.29, 0.717) is 18.9 Å². The van der Waals surface area contributed by atoms with Crippen LogP contribution in [-0.2, 0) is 9.53 Å². The van der Waals surface area contributed by atoms with Gasteiger partial charge in [-0.15, -0.1) is 0 Å². The van der Waals surface area contributed by atoms with Crippen LogP contribution in [0.5, 0.6) is 0 Å². The fourth-order valence-electron chi connectivity index (χ4n) is 4.81. The zero-order valence-corrected chi connectivity index (χ0v) is 20.4. The first-order valence-corrected chi connectivity index (χ1v) is 12.2. The zero-order valence-electron chi connectivity index (χ0n) is 20.4. The van der Waals surface area contributed by atoms with E-state index in [1.807, 2.05) is 18.2 Å². The van der Waals surface area contributed by atoms with E-state index in [9.17, 15) is 27.6 Å². The maximum atomic E-state index is 13.6. The molecule has 2 aromatic carbocycles. The topological polar surface area (TPSA) is 91.0 Å². The number of amides is 4. The molecule has 0 bridgehead atoms. The minimum absolute atomic E-state index is 0.0668. The van der Waals surface area contributed by atoms with Crippen molar-refractivity contribution >= 4 is 23.7 Å². The molecule has 0 spiro atoms. The summed E-state index contributed by atoms with van der Waals surface area (Å²) in [5.74, 6) is -4.12. The summed E-state index contributed by atoms with van der Waals surface area (Å²) in [6, 6.07) is 7.62. The lowest BCUT2D eigenvalue weighted by Crippen LogP contribution is -2.43. The van der Waals surface area contributed by atoms with E-state index in [2.05, 4.69) is 21.6 Å². The van der Waals surface area contributed by atoms with Crippen LogP contribution >= 0.6 is 0 Å². The molecule has 4 rings (SSSR count). The van der Waals surface area contributed by atoms with E-state index < -0.39 is 35.6 Å². The highest BCUT2D eigenvalue weighted by atomic mass is 19.2. The lowest BCUT2D eigenvalue weighted by molar-refractivity contribution is -0.114. The van der Waals surface area contributed by atoms with Crippen molar-refractivity contribution in [2.75, 3.05) is 38.1 Å². The third-order valence-corrected chi connectivity index (χ3v) is 6.68. The second kappa shape index (κ2) is 11.6. The summed E-state index contributed by atoms with van der Waals surface area (Å²) < 4.78 is 45.5. The Labute approximate surface area is 212 Å². The van der Waals surface area contributed by atoms with Crippen LogP contribution in [0.3, 0.4) is 0 Å². The van der Waals surface area contributed by atoms with Crippen LogP contribution in [0.1, 0.15) is 49.3 Å². The number of rotatable bonds is 7. The number of ether oxygens (including phenoxy) is 1. The van der Waals surface area contributed by atoms with Gasteiger partial charge in [-0.2, -0.15) is 0 Å². The lowest BCUT2D eigenvalue weighted by Gasteiger charge is -2.32. The molecule has 2 saturated heterocycles. The Bertz CT molecular complexity index is 1150. The van der Waals surface area contributed by atoms with Gasteiger partial charge in [0.15, 0.2) is 17.5 Å². The molecule has 2 heterocycles. The van der Waals surface area contributed by atoms with Gasteiger partial charge in [-0.1, -0.05) is 12.1 Å². The number of halogens is 3. The highest BCUT2D eigenvalue weighted by Crippen LogP contribution is 2.31. The highest BCUT2D eigenvalue weighted by molar-refractivity contribution is 5.92. The summed E-state index contributed by atoms with van der Waals surface area (Å²) in [6.45, 7) is 4.04. The number of hydrogen-bond donors (Lipinski definition) is 2. The Balaban J connectivity index is 1.23. The monoisotopic (exact) mass is 518 g/mol. The van der Waals surface area contributed by atoms with E-state index in [-0.39, 0.29) is 18.1 Å². The second-order valence-electron chi connectivity index (χ2n) is 9.27. The second-order valence-corrected chi connectivity index (χ2v) is 9.27. The molecule has 0 unspecified atom stereocenters. The Morgan fingerprint density at radius 3 is 2.43 bits per heavy atom. The number of carbonyl (C=O) groups is 3. The third-order valence-electron chi connectivity index (χ3n) is 6.68. The number of carbonyl (C=O) groups excluding carboxylic acids is 3. The van der Waals surface area contributed by atoms with Crippen molar-refractivity contribution in [1.82, 2.24) is 15.1 Å². The fourth-order valence-corrected chi connectivity index (χ4v) is 4.81. The van der Waals surface area contributed by atoms with E-state index in [1.54, 1.807) is 0 Å². The summed E-state index contributed by atoms with van der Waals surface area (Å²) >= 11 is 0. The SMILES string of the molecule is CC(=O)Nc1cccc(C2CCN(CCCNC(=O)N3C(=O)OC[C@@H]3c3cc(F)c(F)c(F)c3)CC2)c1. The number of anilines is 1. The van der Waals surface area contributed by atoms with Gasteiger partial charge in [-0.25, -0.2) is 27.7 Å². The first kappa shape index (κ1) is 26.5. The molecule has 0 aromatic heterocycles. The van der Waals surface area contributed by atoms with Gasteiger partial charge in [0.05, 0.1) is 0 Å². The van der Waals surface area contributed by atoms with Crippen LogP contribution in [0.2, 0.25) is 0 Å². The maximum Gasteiger partial charge on any atom is 0.418 e. The van der Waals surface area contributed by atoms with Gasteiger partial charge >= 0.3 is 12.1 Å². The predicted molar refractivity (Wildman–Crippen MR) is 129 cm³/mol. The summed E-state index contributed by atoms with van der Waals surface area (Å²) in [7, 11) is 0. The number of hydrogen-bond acceptors (Lipinski definition) is 5. The predicted octanol–water partition coefficient (Wildman–Crippen LogP) is 4.53. The summed E-state index contributed by atoms with van der Waals surface area (Å²) in [5.41, 5.74) is 1.93. The molecule has 2 N–H and O–H groups in total. The van der Waals surface area contributed by atoms with Gasteiger partial charge in [0.2, 0.25) is 5.91 Å². The molecule has 4 amide bonds. The molecule has 37 heavy (non-hydrogen) atoms. The van der Waals surface area contributed by atoms with Crippen LogP contribution in [-0.4, -0.2) is 60.6 Å². The molecule has 0 aliphatic carbocycles. The number of imide groups is 1. The zero-order chi connectivity index (χ0) is 26.5. The molecule has 8 nitrogen and oxygen atoms in total. The average molecular weight is 519 g/mol. The molecule has 198 valence electrons. The van der Waals surface area contributed by atoms with Crippen molar-refractivity contribution in [2.24, 2.45) is 0 Å². The average Bonchev–Trinajstić information content (AvgIpc) is 3.26. The number of likely N-dealkylation sites (tertiary alicyclic amines) is 1. The van der Waals surface area contributed by atoms with E-state index in [0.717, 1.165) is 55.2 Å². The molecular formula is C26H29F3N4O4. The van der Waals surface area contributed by atoms with Crippen molar-refractivity contribution in [3.05, 3.63) is 65.0 Å². The van der Waals surface area contributed by atoms with Gasteiger partial charge in [-0.3, -0.25) is 4.79 Å². The normalized spacial score (nSPS) is 18.5. The summed E-state index contributed by atoms with van der Waals surface area (Å²) in [4.78, 5) is 39.1. The molecule has 2 aromatic rings. The highest BCUT2D eigenvalue weighted by Gasteiger charge is 2.39.